The van der Waals surface area contributed by atoms with Crippen molar-refractivity contribution in [1.82, 2.24) is 14.3 Å². The van der Waals surface area contributed by atoms with Gasteiger partial charge in [-0.1, -0.05) is 17.8 Å². The molecule has 158 valence electrons. The van der Waals surface area contributed by atoms with Crippen molar-refractivity contribution in [2.75, 3.05) is 18.4 Å². The molecule has 0 aliphatic carbocycles. The maximum absolute atomic E-state index is 12.6. The summed E-state index contributed by atoms with van der Waals surface area (Å²) in [6.45, 7) is 4.96. The summed E-state index contributed by atoms with van der Waals surface area (Å²) in [5.41, 5.74) is 3.52. The highest BCUT2D eigenvalue weighted by molar-refractivity contribution is 8.00. The second-order valence-corrected chi connectivity index (χ2v) is 10.7. The van der Waals surface area contributed by atoms with E-state index >= 15 is 0 Å². The van der Waals surface area contributed by atoms with Crippen LogP contribution >= 0.6 is 11.8 Å². The van der Waals surface area contributed by atoms with Gasteiger partial charge in [-0.25, -0.2) is 13.4 Å². The maximum atomic E-state index is 12.6. The first-order valence-corrected chi connectivity index (χ1v) is 12.2. The highest BCUT2D eigenvalue weighted by Crippen LogP contribution is 2.26. The quantitative estimate of drug-likeness (QED) is 0.564. The molecule has 1 aliphatic rings. The highest BCUT2D eigenvalue weighted by atomic mass is 32.2. The second-order valence-electron chi connectivity index (χ2n) is 7.45. The van der Waals surface area contributed by atoms with Crippen LogP contribution in [0.1, 0.15) is 25.3 Å². The number of aromatic amines is 1. The van der Waals surface area contributed by atoms with E-state index < -0.39 is 10.0 Å². The van der Waals surface area contributed by atoms with Crippen molar-refractivity contribution in [3.63, 3.8) is 0 Å². The number of sulfonamides is 1. The standard InChI is InChI=1S/C21H24N4O3S2/c1-14-5-10-18-19(13-14)24-21(23-18)29-15(2)20(26)22-16-6-8-17(9-7-16)30(27,28)25-11-3-4-12-25/h5-10,13,15H,3-4,11-12H2,1-2H3,(H,22,26)(H,23,24). The molecule has 30 heavy (non-hydrogen) atoms. The van der Waals surface area contributed by atoms with Gasteiger partial charge >= 0.3 is 0 Å². The van der Waals surface area contributed by atoms with Crippen molar-refractivity contribution < 1.29 is 13.2 Å². The van der Waals surface area contributed by atoms with Gasteiger partial charge < -0.3 is 10.3 Å². The summed E-state index contributed by atoms with van der Waals surface area (Å²) < 4.78 is 26.7. The van der Waals surface area contributed by atoms with Crippen LogP contribution in [0.25, 0.3) is 11.0 Å². The van der Waals surface area contributed by atoms with Crippen molar-refractivity contribution in [1.29, 1.82) is 0 Å². The Balaban J connectivity index is 1.40. The molecule has 9 heteroatoms. The van der Waals surface area contributed by atoms with Gasteiger partial charge in [0.1, 0.15) is 0 Å². The van der Waals surface area contributed by atoms with E-state index in [2.05, 4.69) is 15.3 Å². The number of carbonyl (C=O) groups excluding carboxylic acids is 1. The van der Waals surface area contributed by atoms with Gasteiger partial charge in [0.15, 0.2) is 5.16 Å². The molecule has 1 fully saturated rings. The second kappa shape index (κ2) is 8.41. The van der Waals surface area contributed by atoms with Gasteiger partial charge in [0, 0.05) is 18.8 Å². The molecule has 3 aromatic rings. The van der Waals surface area contributed by atoms with Crippen LogP contribution in [0.3, 0.4) is 0 Å². The van der Waals surface area contributed by atoms with Crippen molar-refractivity contribution >= 4 is 44.4 Å². The number of imidazole rings is 1. The van der Waals surface area contributed by atoms with E-state index in [0.29, 0.717) is 23.9 Å². The Morgan fingerprint density at radius 3 is 2.57 bits per heavy atom. The Kier molecular flexibility index (Phi) is 5.86. The molecular weight excluding hydrogens is 420 g/mol. The van der Waals surface area contributed by atoms with Crippen LogP contribution in [-0.2, 0) is 14.8 Å². The van der Waals surface area contributed by atoms with Crippen LogP contribution in [0.2, 0.25) is 0 Å². The van der Waals surface area contributed by atoms with Crippen LogP contribution in [0.5, 0.6) is 0 Å². The SMILES string of the molecule is Cc1ccc2nc(SC(C)C(=O)Nc3ccc(S(=O)(=O)N4CCCC4)cc3)[nH]c2c1. The number of hydrogen-bond acceptors (Lipinski definition) is 5. The van der Waals surface area contributed by atoms with E-state index in [4.69, 9.17) is 0 Å². The van der Waals surface area contributed by atoms with Crippen LogP contribution < -0.4 is 5.32 Å². The van der Waals surface area contributed by atoms with E-state index in [-0.39, 0.29) is 16.1 Å². The summed E-state index contributed by atoms with van der Waals surface area (Å²) in [6, 6.07) is 12.3. The third-order valence-corrected chi connectivity index (χ3v) is 8.00. The van der Waals surface area contributed by atoms with E-state index in [0.717, 1.165) is 29.4 Å². The minimum Gasteiger partial charge on any atom is -0.333 e. The first-order chi connectivity index (χ1) is 14.3. The molecule has 1 amide bonds. The van der Waals surface area contributed by atoms with Gasteiger partial charge in [-0.05, 0) is 68.7 Å². The molecule has 7 nitrogen and oxygen atoms in total. The first kappa shape index (κ1) is 20.9. The summed E-state index contributed by atoms with van der Waals surface area (Å²) in [5, 5.41) is 3.15. The molecular formula is C21H24N4O3S2. The lowest BCUT2D eigenvalue weighted by molar-refractivity contribution is -0.115. The molecule has 0 bridgehead atoms. The molecule has 1 saturated heterocycles. The highest BCUT2D eigenvalue weighted by Gasteiger charge is 2.27. The fourth-order valence-electron chi connectivity index (χ4n) is 3.41. The van der Waals surface area contributed by atoms with E-state index in [1.54, 1.807) is 24.3 Å². The Labute approximate surface area is 180 Å². The normalized spacial score (nSPS) is 16.1. The minimum absolute atomic E-state index is 0.174. The number of fused-ring (bicyclic) bond motifs is 1. The molecule has 0 spiro atoms. The lowest BCUT2D eigenvalue weighted by Gasteiger charge is -2.16. The molecule has 1 aromatic heterocycles. The predicted molar refractivity (Wildman–Crippen MR) is 119 cm³/mol. The molecule has 2 aromatic carbocycles. The molecule has 1 unspecified atom stereocenters. The number of H-pyrrole nitrogens is 1. The van der Waals surface area contributed by atoms with Gasteiger partial charge in [0.25, 0.3) is 0 Å². The van der Waals surface area contributed by atoms with Gasteiger partial charge in [0.05, 0.1) is 21.2 Å². The van der Waals surface area contributed by atoms with E-state index in [9.17, 15) is 13.2 Å². The van der Waals surface area contributed by atoms with Crippen LogP contribution in [0.15, 0.2) is 52.5 Å². The van der Waals surface area contributed by atoms with Crippen LogP contribution in [0.4, 0.5) is 5.69 Å². The lowest BCUT2D eigenvalue weighted by Crippen LogP contribution is -2.27. The average Bonchev–Trinajstić information content (AvgIpc) is 3.38. The maximum Gasteiger partial charge on any atom is 0.243 e. The van der Waals surface area contributed by atoms with Crippen LogP contribution in [0, 0.1) is 6.92 Å². The van der Waals surface area contributed by atoms with Crippen molar-refractivity contribution in [2.24, 2.45) is 0 Å². The third-order valence-electron chi connectivity index (χ3n) is 5.10. The average molecular weight is 445 g/mol. The third kappa shape index (κ3) is 4.38. The van der Waals surface area contributed by atoms with E-state index in [1.807, 2.05) is 32.0 Å². The first-order valence-electron chi connectivity index (χ1n) is 9.87. The molecule has 1 atom stereocenters. The van der Waals surface area contributed by atoms with E-state index in [1.165, 1.54) is 16.1 Å². The number of carbonyl (C=O) groups is 1. The Morgan fingerprint density at radius 2 is 1.87 bits per heavy atom. The minimum atomic E-state index is -3.45. The molecule has 2 N–H and O–H groups in total. The summed E-state index contributed by atoms with van der Waals surface area (Å²) in [5.74, 6) is -0.174. The fraction of sp³-hybridized carbons (Fsp3) is 0.333. The van der Waals surface area contributed by atoms with Gasteiger partial charge in [-0.15, -0.1) is 0 Å². The molecule has 1 aliphatic heterocycles. The van der Waals surface area contributed by atoms with Gasteiger partial charge in [-0.3, -0.25) is 4.79 Å². The number of thioether (sulfide) groups is 1. The lowest BCUT2D eigenvalue weighted by atomic mass is 10.2. The molecule has 4 rings (SSSR count). The number of nitrogens with one attached hydrogen (secondary N) is 2. The number of anilines is 1. The van der Waals surface area contributed by atoms with Crippen molar-refractivity contribution in [2.45, 2.75) is 42.0 Å². The van der Waals surface area contributed by atoms with Crippen LogP contribution in [-0.4, -0.2) is 46.9 Å². The monoisotopic (exact) mass is 444 g/mol. The molecule has 2 heterocycles. The number of amides is 1. The Hall–Kier alpha value is -2.36. The zero-order valence-corrected chi connectivity index (χ0v) is 18.5. The number of hydrogen-bond donors (Lipinski definition) is 2. The number of aryl methyl sites for hydroxylation is 1. The summed E-state index contributed by atoms with van der Waals surface area (Å²) >= 11 is 1.35. The zero-order valence-electron chi connectivity index (χ0n) is 16.9. The predicted octanol–water partition coefficient (Wildman–Crippen LogP) is 3.78. The van der Waals surface area contributed by atoms with Crippen molar-refractivity contribution in [3.8, 4) is 0 Å². The number of rotatable bonds is 6. The molecule has 0 radical (unpaired) electrons. The Morgan fingerprint density at radius 1 is 1.17 bits per heavy atom. The van der Waals surface area contributed by atoms with Crippen molar-refractivity contribution in [3.05, 3.63) is 48.0 Å². The summed E-state index contributed by atoms with van der Waals surface area (Å²) in [6.07, 6.45) is 1.79. The Bertz CT molecular complexity index is 1170. The van der Waals surface area contributed by atoms with Gasteiger partial charge in [-0.2, -0.15) is 4.31 Å². The zero-order chi connectivity index (χ0) is 21.3. The smallest absolute Gasteiger partial charge is 0.243 e. The summed E-state index contributed by atoms with van der Waals surface area (Å²) in [7, 11) is -3.45. The fourth-order valence-corrected chi connectivity index (χ4v) is 5.75. The topological polar surface area (TPSA) is 95.2 Å². The molecule has 0 saturated carbocycles. The summed E-state index contributed by atoms with van der Waals surface area (Å²) in [4.78, 5) is 20.6. The largest absolute Gasteiger partial charge is 0.333 e. The number of nitrogens with zero attached hydrogens (tertiary/aromatic N) is 2. The van der Waals surface area contributed by atoms with Gasteiger partial charge in [0.2, 0.25) is 15.9 Å². The number of aromatic nitrogens is 2. The number of benzene rings is 2.